The predicted octanol–water partition coefficient (Wildman–Crippen LogP) is 2.77. The van der Waals surface area contributed by atoms with E-state index in [-0.39, 0.29) is 31.1 Å². The molecule has 0 atom stereocenters. The summed E-state index contributed by atoms with van der Waals surface area (Å²) in [6.45, 7) is 0.169. The van der Waals surface area contributed by atoms with E-state index in [1.165, 1.54) is 23.9 Å². The molecule has 2 N–H and O–H groups in total. The van der Waals surface area contributed by atoms with Gasteiger partial charge in [0, 0.05) is 31.7 Å². The molecule has 4 aromatic rings. The number of fused-ring (bicyclic) bond motifs is 1. The highest BCUT2D eigenvalue weighted by molar-refractivity contribution is 7.91. The van der Waals surface area contributed by atoms with Crippen LogP contribution in [0.15, 0.2) is 71.7 Å². The summed E-state index contributed by atoms with van der Waals surface area (Å²) < 4.78 is 40.3. The maximum absolute atomic E-state index is 13.2. The van der Waals surface area contributed by atoms with E-state index in [9.17, 15) is 18.0 Å². The van der Waals surface area contributed by atoms with Gasteiger partial charge in [0.15, 0.2) is 0 Å². The molecule has 12 heteroatoms. The van der Waals surface area contributed by atoms with Crippen LogP contribution in [0.1, 0.15) is 39.9 Å². The van der Waals surface area contributed by atoms with Gasteiger partial charge in [-0.05, 0) is 60.4 Å². The molecule has 1 aliphatic carbocycles. The van der Waals surface area contributed by atoms with Crippen molar-refractivity contribution in [2.24, 2.45) is 7.05 Å². The monoisotopic (exact) mass is 587 g/mol. The quantitative estimate of drug-likeness (QED) is 0.272. The van der Waals surface area contributed by atoms with Crippen molar-refractivity contribution in [2.45, 2.75) is 30.7 Å². The highest BCUT2D eigenvalue weighted by Crippen LogP contribution is 2.43. The van der Waals surface area contributed by atoms with Crippen molar-refractivity contribution < 1.29 is 22.7 Å². The summed E-state index contributed by atoms with van der Waals surface area (Å²) in [6, 6.07) is 19.0. The van der Waals surface area contributed by atoms with E-state index >= 15 is 0 Å². The largest absolute Gasteiger partial charge is 0.497 e. The summed E-state index contributed by atoms with van der Waals surface area (Å²) in [4.78, 5) is 30.3. The fraction of sp³-hybridized carbons (Fsp3) is 0.267. The predicted molar refractivity (Wildman–Crippen MR) is 156 cm³/mol. The highest BCUT2D eigenvalue weighted by atomic mass is 32.2. The van der Waals surface area contributed by atoms with Crippen molar-refractivity contribution >= 4 is 26.8 Å². The Bertz CT molecular complexity index is 1840. The van der Waals surface area contributed by atoms with Crippen LogP contribution in [0, 0.1) is 11.3 Å². The van der Waals surface area contributed by atoms with E-state index in [2.05, 4.69) is 15.0 Å². The SMILES string of the molecule is COc1ccc(CNS(=O)(=O)C2(COc3nccc4cc(C(=O)NCc5ccc(C#N)cc5)c(=O)n(C)c34)CC2)cc1. The first-order chi connectivity index (χ1) is 20.2. The third-order valence-electron chi connectivity index (χ3n) is 7.35. The smallest absolute Gasteiger partial charge is 0.263 e. The number of nitrogens with one attached hydrogen (secondary N) is 2. The molecule has 2 aromatic carbocycles. The molecule has 11 nitrogen and oxygen atoms in total. The Labute approximate surface area is 242 Å². The number of carbonyl (C=O) groups excluding carboxylic acids is 1. The fourth-order valence-electron chi connectivity index (χ4n) is 4.55. The number of nitrogens with zero attached hydrogens (tertiary/aromatic N) is 3. The third kappa shape index (κ3) is 5.83. The van der Waals surface area contributed by atoms with Gasteiger partial charge in [0.2, 0.25) is 15.9 Å². The van der Waals surface area contributed by atoms with Gasteiger partial charge in [0.1, 0.15) is 28.2 Å². The number of ether oxygens (including phenoxy) is 2. The number of aryl methyl sites for hydroxylation is 1. The van der Waals surface area contributed by atoms with Crippen LogP contribution in [-0.2, 0) is 30.2 Å². The minimum absolute atomic E-state index is 0.0558. The Morgan fingerprint density at radius 3 is 2.38 bits per heavy atom. The van der Waals surface area contributed by atoms with Crippen LogP contribution in [0.2, 0.25) is 0 Å². The van der Waals surface area contributed by atoms with Gasteiger partial charge in [0.25, 0.3) is 11.5 Å². The van der Waals surface area contributed by atoms with E-state index in [0.717, 1.165) is 11.1 Å². The first-order valence-electron chi connectivity index (χ1n) is 13.2. The maximum atomic E-state index is 13.2. The van der Waals surface area contributed by atoms with Crippen LogP contribution in [-0.4, -0.2) is 42.3 Å². The molecular weight excluding hydrogens is 558 g/mol. The number of sulfonamides is 1. The summed E-state index contributed by atoms with van der Waals surface area (Å²) in [5.74, 6) is 0.238. The van der Waals surface area contributed by atoms with Crippen molar-refractivity contribution in [3.8, 4) is 17.7 Å². The molecule has 42 heavy (non-hydrogen) atoms. The standard InChI is InChI=1S/C30H29N5O6S/c1-35-26-23(15-25(29(35)37)27(36)33-17-21-5-3-20(16-31)4-6-21)11-14-32-28(26)41-19-30(12-13-30)42(38,39)34-18-22-7-9-24(40-2)10-8-22/h3-11,14-15,34H,12-13,17-19H2,1-2H3,(H,33,36). The second kappa shape index (κ2) is 11.6. The molecule has 0 saturated heterocycles. The van der Waals surface area contributed by atoms with Crippen LogP contribution in [0.4, 0.5) is 0 Å². The number of pyridine rings is 2. The average Bonchev–Trinajstić information content (AvgIpc) is 3.82. The number of hydrogen-bond donors (Lipinski definition) is 2. The van der Waals surface area contributed by atoms with Crippen LogP contribution in [0.25, 0.3) is 10.9 Å². The number of aromatic nitrogens is 2. The summed E-state index contributed by atoms with van der Waals surface area (Å²) in [5, 5.41) is 12.2. The second-order valence-electron chi connectivity index (χ2n) is 10.1. The molecule has 2 aromatic heterocycles. The maximum Gasteiger partial charge on any atom is 0.263 e. The number of rotatable bonds is 11. The molecule has 0 bridgehead atoms. The molecule has 0 unspecified atom stereocenters. The molecule has 1 amide bonds. The summed E-state index contributed by atoms with van der Waals surface area (Å²) in [5.41, 5.74) is 1.83. The fourth-order valence-corrected chi connectivity index (χ4v) is 6.07. The molecule has 1 aliphatic rings. The van der Waals surface area contributed by atoms with Crippen LogP contribution < -0.4 is 25.1 Å². The average molecular weight is 588 g/mol. The molecule has 1 saturated carbocycles. The number of methoxy groups -OCH3 is 1. The minimum atomic E-state index is -3.73. The van der Waals surface area contributed by atoms with Crippen molar-refractivity contribution in [2.75, 3.05) is 13.7 Å². The van der Waals surface area contributed by atoms with Crippen molar-refractivity contribution in [3.05, 3.63) is 99.5 Å². The van der Waals surface area contributed by atoms with Gasteiger partial charge in [0.05, 0.1) is 18.7 Å². The molecule has 0 spiro atoms. The topological polar surface area (TPSA) is 152 Å². The first-order valence-corrected chi connectivity index (χ1v) is 14.7. The zero-order valence-electron chi connectivity index (χ0n) is 23.1. The van der Waals surface area contributed by atoms with Crippen molar-refractivity contribution in [1.29, 1.82) is 5.26 Å². The zero-order valence-corrected chi connectivity index (χ0v) is 23.9. The second-order valence-corrected chi connectivity index (χ2v) is 12.3. The van der Waals surface area contributed by atoms with Gasteiger partial charge in [-0.25, -0.2) is 18.1 Å². The van der Waals surface area contributed by atoms with Gasteiger partial charge < -0.3 is 19.4 Å². The number of hydrogen-bond acceptors (Lipinski definition) is 8. The van der Waals surface area contributed by atoms with E-state index < -0.39 is 26.2 Å². The highest BCUT2D eigenvalue weighted by Gasteiger charge is 2.55. The summed E-state index contributed by atoms with van der Waals surface area (Å²) in [7, 11) is -0.653. The van der Waals surface area contributed by atoms with Crippen molar-refractivity contribution in [1.82, 2.24) is 19.6 Å². The number of amides is 1. The lowest BCUT2D eigenvalue weighted by Crippen LogP contribution is -2.39. The lowest BCUT2D eigenvalue weighted by molar-refractivity contribution is 0.0949. The van der Waals surface area contributed by atoms with Gasteiger partial charge in [-0.15, -0.1) is 0 Å². The summed E-state index contributed by atoms with van der Waals surface area (Å²) >= 11 is 0. The molecule has 2 heterocycles. The third-order valence-corrected chi connectivity index (χ3v) is 9.54. The van der Waals surface area contributed by atoms with E-state index in [4.69, 9.17) is 14.7 Å². The Balaban J connectivity index is 1.29. The van der Waals surface area contributed by atoms with Crippen LogP contribution in [0.3, 0.4) is 0 Å². The molecule has 1 fully saturated rings. The number of benzene rings is 2. The van der Waals surface area contributed by atoms with Crippen molar-refractivity contribution in [3.63, 3.8) is 0 Å². The van der Waals surface area contributed by atoms with E-state index in [1.54, 1.807) is 61.7 Å². The van der Waals surface area contributed by atoms with Crippen LogP contribution in [0.5, 0.6) is 11.6 Å². The molecule has 0 aliphatic heterocycles. The molecular formula is C30H29N5O6S. The number of nitriles is 1. The van der Waals surface area contributed by atoms with Gasteiger partial charge >= 0.3 is 0 Å². The Kier molecular flexibility index (Phi) is 7.98. The summed E-state index contributed by atoms with van der Waals surface area (Å²) in [6.07, 6.45) is 2.34. The Morgan fingerprint density at radius 2 is 1.74 bits per heavy atom. The van der Waals surface area contributed by atoms with Gasteiger partial charge in [-0.3, -0.25) is 9.59 Å². The molecule has 216 valence electrons. The normalized spacial score (nSPS) is 13.7. The van der Waals surface area contributed by atoms with E-state index in [1.807, 2.05) is 6.07 Å². The Hall–Kier alpha value is -4.73. The lowest BCUT2D eigenvalue weighted by atomic mass is 10.1. The van der Waals surface area contributed by atoms with Gasteiger partial charge in [-0.2, -0.15) is 5.26 Å². The van der Waals surface area contributed by atoms with Gasteiger partial charge in [-0.1, -0.05) is 24.3 Å². The zero-order chi connectivity index (χ0) is 29.9. The first kappa shape index (κ1) is 28.8. The minimum Gasteiger partial charge on any atom is -0.497 e. The lowest BCUT2D eigenvalue weighted by Gasteiger charge is -2.19. The van der Waals surface area contributed by atoms with E-state index in [0.29, 0.717) is 35.1 Å². The Morgan fingerprint density at radius 1 is 1.07 bits per heavy atom. The molecule has 5 rings (SSSR count). The van der Waals surface area contributed by atoms with Crippen LogP contribution >= 0.6 is 0 Å². The number of carbonyl (C=O) groups is 1. The molecule has 0 radical (unpaired) electrons.